The van der Waals surface area contributed by atoms with Crippen molar-refractivity contribution in [1.29, 1.82) is 0 Å². The van der Waals surface area contributed by atoms with E-state index in [1.807, 2.05) is 0 Å². The number of para-hydroxylation sites is 1. The Morgan fingerprint density at radius 2 is 1.74 bits per heavy atom. The number of anilines is 1. The second kappa shape index (κ2) is 9.63. The van der Waals surface area contributed by atoms with Gasteiger partial charge < -0.3 is 9.47 Å². The normalized spacial score (nSPS) is 15.1. The standard InChI is InChI=1S/C21H16Cl2N2O6/c1-2-30-17(26)11-31-18-15(22)9-12(10-16(18)23)8-14-19(27)24-21(29)25(20(14)28)13-6-4-3-5-7-13/h3-10H,2,11H2,1H3,(H,24,27,29)/b14-8-. The molecule has 1 fully saturated rings. The lowest BCUT2D eigenvalue weighted by molar-refractivity contribution is -0.145. The molecule has 10 heteroatoms. The summed E-state index contributed by atoms with van der Waals surface area (Å²) < 4.78 is 10.1. The third kappa shape index (κ3) is 5.04. The Morgan fingerprint density at radius 1 is 1.10 bits per heavy atom. The third-order valence-corrected chi connectivity index (χ3v) is 4.65. The minimum absolute atomic E-state index is 0.0547. The second-order valence-corrected chi connectivity index (χ2v) is 7.02. The number of imide groups is 2. The van der Waals surface area contributed by atoms with Crippen LogP contribution in [0.1, 0.15) is 12.5 Å². The summed E-state index contributed by atoms with van der Waals surface area (Å²) in [5.41, 5.74) is 0.345. The average molecular weight is 463 g/mol. The Labute approximate surface area is 187 Å². The Bertz CT molecular complexity index is 1060. The van der Waals surface area contributed by atoms with Crippen LogP contribution in [0, 0.1) is 0 Å². The number of ether oxygens (including phenoxy) is 2. The van der Waals surface area contributed by atoms with Crippen molar-refractivity contribution in [2.75, 3.05) is 18.1 Å². The van der Waals surface area contributed by atoms with Crippen LogP contribution in [0.4, 0.5) is 10.5 Å². The first-order valence-corrected chi connectivity index (χ1v) is 9.81. The monoisotopic (exact) mass is 462 g/mol. The molecule has 2 aromatic carbocycles. The molecule has 1 saturated heterocycles. The molecule has 0 atom stereocenters. The number of carbonyl (C=O) groups is 4. The molecule has 4 amide bonds. The molecule has 31 heavy (non-hydrogen) atoms. The van der Waals surface area contributed by atoms with E-state index >= 15 is 0 Å². The van der Waals surface area contributed by atoms with Crippen molar-refractivity contribution < 1.29 is 28.7 Å². The van der Waals surface area contributed by atoms with Crippen LogP contribution in [0.25, 0.3) is 6.08 Å². The Balaban J connectivity index is 1.89. The minimum Gasteiger partial charge on any atom is -0.479 e. The molecular weight excluding hydrogens is 447 g/mol. The fourth-order valence-electron chi connectivity index (χ4n) is 2.77. The SMILES string of the molecule is CCOC(=O)COc1c(Cl)cc(/C=C2/C(=O)NC(=O)N(c3ccccc3)C2=O)cc1Cl. The van der Waals surface area contributed by atoms with Gasteiger partial charge in [-0.3, -0.25) is 14.9 Å². The number of esters is 1. The van der Waals surface area contributed by atoms with Gasteiger partial charge in [-0.15, -0.1) is 0 Å². The zero-order valence-electron chi connectivity index (χ0n) is 16.2. The number of nitrogens with one attached hydrogen (secondary N) is 1. The van der Waals surface area contributed by atoms with Gasteiger partial charge in [0.25, 0.3) is 11.8 Å². The number of amides is 4. The van der Waals surface area contributed by atoms with Crippen LogP contribution in [-0.4, -0.2) is 37.0 Å². The lowest BCUT2D eigenvalue weighted by atomic mass is 10.1. The maximum Gasteiger partial charge on any atom is 0.344 e. The van der Waals surface area contributed by atoms with E-state index < -0.39 is 23.8 Å². The molecular formula is C21H16Cl2N2O6. The number of hydrogen-bond acceptors (Lipinski definition) is 6. The first-order valence-electron chi connectivity index (χ1n) is 9.05. The van der Waals surface area contributed by atoms with Crippen LogP contribution in [0.15, 0.2) is 48.0 Å². The Morgan fingerprint density at radius 3 is 2.35 bits per heavy atom. The summed E-state index contributed by atoms with van der Waals surface area (Å²) in [6.07, 6.45) is 1.26. The van der Waals surface area contributed by atoms with Crippen molar-refractivity contribution in [3.05, 3.63) is 63.6 Å². The number of carbonyl (C=O) groups excluding carboxylic acids is 4. The summed E-state index contributed by atoms with van der Waals surface area (Å²) in [5, 5.41) is 2.25. The summed E-state index contributed by atoms with van der Waals surface area (Å²) in [6.45, 7) is 1.48. The molecule has 1 N–H and O–H groups in total. The van der Waals surface area contributed by atoms with E-state index in [2.05, 4.69) is 5.32 Å². The molecule has 0 spiro atoms. The van der Waals surface area contributed by atoms with Crippen LogP contribution >= 0.6 is 23.2 Å². The van der Waals surface area contributed by atoms with E-state index in [9.17, 15) is 19.2 Å². The highest BCUT2D eigenvalue weighted by atomic mass is 35.5. The lowest BCUT2D eigenvalue weighted by Crippen LogP contribution is -2.54. The van der Waals surface area contributed by atoms with Crippen LogP contribution < -0.4 is 15.0 Å². The molecule has 0 saturated carbocycles. The third-order valence-electron chi connectivity index (χ3n) is 4.09. The minimum atomic E-state index is -0.850. The topological polar surface area (TPSA) is 102 Å². The molecule has 1 aliphatic heterocycles. The molecule has 8 nitrogen and oxygen atoms in total. The van der Waals surface area contributed by atoms with Crippen LogP contribution in [0.3, 0.4) is 0 Å². The highest BCUT2D eigenvalue weighted by molar-refractivity contribution is 6.40. The number of hydrogen-bond donors (Lipinski definition) is 1. The zero-order valence-corrected chi connectivity index (χ0v) is 17.7. The van der Waals surface area contributed by atoms with E-state index in [4.69, 9.17) is 32.7 Å². The molecule has 0 unspecified atom stereocenters. The van der Waals surface area contributed by atoms with Crippen LogP contribution in [0.5, 0.6) is 5.75 Å². The summed E-state index contributed by atoms with van der Waals surface area (Å²) in [5.74, 6) is -2.18. The number of benzene rings is 2. The first kappa shape index (κ1) is 22.3. The van der Waals surface area contributed by atoms with E-state index in [0.717, 1.165) is 4.90 Å². The molecule has 0 aliphatic carbocycles. The van der Waals surface area contributed by atoms with Crippen molar-refractivity contribution in [2.24, 2.45) is 0 Å². The van der Waals surface area contributed by atoms with Gasteiger partial charge in [-0.25, -0.2) is 14.5 Å². The molecule has 0 bridgehead atoms. The highest BCUT2D eigenvalue weighted by Gasteiger charge is 2.36. The van der Waals surface area contributed by atoms with Crippen LogP contribution in [-0.2, 0) is 19.1 Å². The van der Waals surface area contributed by atoms with Crippen molar-refractivity contribution in [3.8, 4) is 5.75 Å². The molecule has 2 aromatic rings. The Hall–Kier alpha value is -3.36. The fraction of sp³-hybridized carbons (Fsp3) is 0.143. The number of urea groups is 1. The predicted molar refractivity (Wildman–Crippen MR) is 114 cm³/mol. The van der Waals surface area contributed by atoms with Gasteiger partial charge >= 0.3 is 12.0 Å². The van der Waals surface area contributed by atoms with E-state index in [1.165, 1.54) is 18.2 Å². The summed E-state index contributed by atoms with van der Waals surface area (Å²) in [6, 6.07) is 10.1. The largest absolute Gasteiger partial charge is 0.479 e. The number of barbiturate groups is 1. The summed E-state index contributed by atoms with van der Waals surface area (Å²) in [4.78, 5) is 49.6. The molecule has 1 heterocycles. The Kier molecular flexibility index (Phi) is 6.94. The maximum atomic E-state index is 12.9. The molecule has 3 rings (SSSR count). The molecule has 0 aromatic heterocycles. The van der Waals surface area contributed by atoms with Crippen molar-refractivity contribution in [1.82, 2.24) is 5.32 Å². The second-order valence-electron chi connectivity index (χ2n) is 6.20. The van der Waals surface area contributed by atoms with Gasteiger partial charge in [0, 0.05) is 0 Å². The number of rotatable bonds is 6. The fourth-order valence-corrected chi connectivity index (χ4v) is 3.38. The summed E-state index contributed by atoms with van der Waals surface area (Å²) >= 11 is 12.4. The quantitative estimate of drug-likeness (QED) is 0.399. The van der Waals surface area contributed by atoms with E-state index in [0.29, 0.717) is 11.3 Å². The van der Waals surface area contributed by atoms with Gasteiger partial charge in [0.05, 0.1) is 22.3 Å². The van der Waals surface area contributed by atoms with Gasteiger partial charge in [-0.2, -0.15) is 0 Å². The van der Waals surface area contributed by atoms with E-state index in [1.54, 1.807) is 37.3 Å². The highest BCUT2D eigenvalue weighted by Crippen LogP contribution is 2.35. The maximum absolute atomic E-state index is 12.9. The van der Waals surface area contributed by atoms with Crippen molar-refractivity contribution >= 4 is 58.8 Å². The number of halogens is 2. The molecule has 0 radical (unpaired) electrons. The summed E-state index contributed by atoms with van der Waals surface area (Å²) in [7, 11) is 0. The van der Waals surface area contributed by atoms with Gasteiger partial charge in [0.1, 0.15) is 5.57 Å². The smallest absolute Gasteiger partial charge is 0.344 e. The predicted octanol–water partition coefficient (Wildman–Crippen LogP) is 3.60. The lowest BCUT2D eigenvalue weighted by Gasteiger charge is -2.26. The van der Waals surface area contributed by atoms with Gasteiger partial charge in [0.2, 0.25) is 0 Å². The number of nitrogens with zero attached hydrogens (tertiary/aromatic N) is 1. The van der Waals surface area contributed by atoms with Crippen molar-refractivity contribution in [2.45, 2.75) is 6.92 Å². The van der Waals surface area contributed by atoms with E-state index in [-0.39, 0.29) is 34.6 Å². The average Bonchev–Trinajstić information content (AvgIpc) is 2.71. The van der Waals surface area contributed by atoms with Crippen LogP contribution in [0.2, 0.25) is 10.0 Å². The zero-order chi connectivity index (χ0) is 22.5. The van der Waals surface area contributed by atoms with Crippen molar-refractivity contribution in [3.63, 3.8) is 0 Å². The molecule has 1 aliphatic rings. The molecule has 160 valence electrons. The van der Waals surface area contributed by atoms with Gasteiger partial charge in [0.15, 0.2) is 12.4 Å². The van der Waals surface area contributed by atoms with Gasteiger partial charge in [-0.1, -0.05) is 41.4 Å². The van der Waals surface area contributed by atoms with Gasteiger partial charge in [-0.05, 0) is 42.8 Å². The first-order chi connectivity index (χ1) is 14.8.